The van der Waals surface area contributed by atoms with Crippen LogP contribution in [0.15, 0.2) is 23.1 Å². The Morgan fingerprint density at radius 1 is 1.29 bits per heavy atom. The largest absolute Gasteiger partial charge is 0.465 e. The van der Waals surface area contributed by atoms with Gasteiger partial charge in [-0.05, 0) is 24.5 Å². The van der Waals surface area contributed by atoms with E-state index in [2.05, 4.69) is 13.8 Å². The van der Waals surface area contributed by atoms with Crippen molar-refractivity contribution in [1.82, 2.24) is 0 Å². The molecule has 1 unspecified atom stereocenters. The molecule has 0 aliphatic carbocycles. The number of rotatable bonds is 10. The highest BCUT2D eigenvalue weighted by Gasteiger charge is 2.15. The zero-order valence-electron chi connectivity index (χ0n) is 14.5. The van der Waals surface area contributed by atoms with Gasteiger partial charge in [-0.2, -0.15) is 0 Å². The van der Waals surface area contributed by atoms with E-state index in [0.717, 1.165) is 24.2 Å². The summed E-state index contributed by atoms with van der Waals surface area (Å²) in [7, 11) is 1.32. The van der Waals surface area contributed by atoms with Crippen molar-refractivity contribution in [2.75, 3.05) is 19.5 Å². The molecule has 134 valence electrons. The van der Waals surface area contributed by atoms with Crippen LogP contribution in [0.4, 0.5) is 0 Å². The highest BCUT2D eigenvalue weighted by Crippen LogP contribution is 2.31. The second-order valence-corrected chi connectivity index (χ2v) is 6.97. The van der Waals surface area contributed by atoms with Gasteiger partial charge in [-0.15, -0.1) is 11.8 Å². The summed E-state index contributed by atoms with van der Waals surface area (Å²) in [6, 6.07) is 5.18. The SMILES string of the molecule is CCCC(CC)COC(=O)CCSc1cccc(C(=O)OC)c1Cl. The third-order valence-corrected chi connectivity index (χ3v) is 5.27. The first kappa shape index (κ1) is 20.8. The normalized spacial score (nSPS) is 11.8. The van der Waals surface area contributed by atoms with Gasteiger partial charge in [0.2, 0.25) is 0 Å². The molecule has 1 atom stereocenters. The van der Waals surface area contributed by atoms with Crippen molar-refractivity contribution in [3.63, 3.8) is 0 Å². The lowest BCUT2D eigenvalue weighted by Gasteiger charge is -2.14. The number of carbonyl (C=O) groups excluding carboxylic acids is 2. The van der Waals surface area contributed by atoms with Crippen molar-refractivity contribution in [3.05, 3.63) is 28.8 Å². The maximum absolute atomic E-state index is 11.8. The van der Waals surface area contributed by atoms with Gasteiger partial charge in [-0.3, -0.25) is 4.79 Å². The Kier molecular flexibility index (Phi) is 9.88. The molecule has 0 amide bonds. The van der Waals surface area contributed by atoms with E-state index in [4.69, 9.17) is 21.1 Å². The van der Waals surface area contributed by atoms with Crippen LogP contribution in [0.5, 0.6) is 0 Å². The van der Waals surface area contributed by atoms with Crippen molar-refractivity contribution < 1.29 is 19.1 Å². The highest BCUT2D eigenvalue weighted by molar-refractivity contribution is 7.99. The molecule has 24 heavy (non-hydrogen) atoms. The van der Waals surface area contributed by atoms with Gasteiger partial charge in [0.25, 0.3) is 0 Å². The van der Waals surface area contributed by atoms with Crippen LogP contribution < -0.4 is 0 Å². The molecular formula is C18H25ClO4S. The number of hydrogen-bond acceptors (Lipinski definition) is 5. The van der Waals surface area contributed by atoms with Gasteiger partial charge >= 0.3 is 11.9 Å². The Morgan fingerprint density at radius 3 is 2.67 bits per heavy atom. The van der Waals surface area contributed by atoms with E-state index >= 15 is 0 Å². The lowest BCUT2D eigenvalue weighted by Crippen LogP contribution is -2.14. The molecule has 0 bridgehead atoms. The predicted octanol–water partition coefficient (Wildman–Crippen LogP) is 4.98. The van der Waals surface area contributed by atoms with Gasteiger partial charge in [0.05, 0.1) is 30.7 Å². The molecule has 0 fully saturated rings. The van der Waals surface area contributed by atoms with Crippen LogP contribution in [-0.2, 0) is 14.3 Å². The lowest BCUT2D eigenvalue weighted by molar-refractivity contribution is -0.144. The van der Waals surface area contributed by atoms with Crippen LogP contribution >= 0.6 is 23.4 Å². The van der Waals surface area contributed by atoms with Crippen LogP contribution in [-0.4, -0.2) is 31.4 Å². The van der Waals surface area contributed by atoms with Gasteiger partial charge in [-0.1, -0.05) is 44.4 Å². The van der Waals surface area contributed by atoms with E-state index in [1.165, 1.54) is 18.9 Å². The molecule has 0 saturated carbocycles. The third-order valence-electron chi connectivity index (χ3n) is 3.69. The van der Waals surface area contributed by atoms with Gasteiger partial charge in [0.15, 0.2) is 0 Å². The van der Waals surface area contributed by atoms with Crippen molar-refractivity contribution in [1.29, 1.82) is 0 Å². The van der Waals surface area contributed by atoms with Gasteiger partial charge < -0.3 is 9.47 Å². The predicted molar refractivity (Wildman–Crippen MR) is 97.8 cm³/mol. The molecule has 0 heterocycles. The standard InChI is InChI=1S/C18H25ClO4S/c1-4-7-13(5-2)12-23-16(20)10-11-24-15-9-6-8-14(17(15)19)18(21)22-3/h6,8-9,13H,4-5,7,10-12H2,1-3H3. The molecule has 0 aliphatic rings. The monoisotopic (exact) mass is 372 g/mol. The van der Waals surface area contributed by atoms with Crippen molar-refractivity contribution >= 4 is 35.3 Å². The number of halogens is 1. The Labute approximate surface area is 153 Å². The lowest BCUT2D eigenvalue weighted by atomic mass is 10.0. The Morgan fingerprint density at radius 2 is 2.04 bits per heavy atom. The topological polar surface area (TPSA) is 52.6 Å². The van der Waals surface area contributed by atoms with Crippen LogP contribution in [0.1, 0.15) is 49.9 Å². The summed E-state index contributed by atoms with van der Waals surface area (Å²) in [5.74, 6) is 0.326. The zero-order chi connectivity index (χ0) is 17.9. The quantitative estimate of drug-likeness (QED) is 0.428. The zero-order valence-corrected chi connectivity index (χ0v) is 16.0. The molecule has 0 aromatic heterocycles. The second kappa shape index (κ2) is 11.4. The summed E-state index contributed by atoms with van der Waals surface area (Å²) >= 11 is 7.64. The first-order valence-electron chi connectivity index (χ1n) is 8.18. The summed E-state index contributed by atoms with van der Waals surface area (Å²) in [5.41, 5.74) is 0.331. The Hall–Kier alpha value is -1.20. The molecule has 0 aliphatic heterocycles. The third kappa shape index (κ3) is 6.73. The number of benzene rings is 1. The summed E-state index contributed by atoms with van der Waals surface area (Å²) in [5, 5.41) is 0.358. The minimum atomic E-state index is -0.469. The molecule has 1 rings (SSSR count). The molecule has 6 heteroatoms. The smallest absolute Gasteiger partial charge is 0.339 e. The second-order valence-electron chi connectivity index (χ2n) is 5.45. The van der Waals surface area contributed by atoms with E-state index in [1.54, 1.807) is 12.1 Å². The summed E-state index contributed by atoms with van der Waals surface area (Å²) in [6.45, 7) is 4.74. The molecule has 1 aromatic carbocycles. The molecule has 0 spiro atoms. The van der Waals surface area contributed by atoms with Crippen LogP contribution in [0, 0.1) is 5.92 Å². The number of thioether (sulfide) groups is 1. The van der Waals surface area contributed by atoms with Crippen molar-refractivity contribution in [2.24, 2.45) is 5.92 Å². The van der Waals surface area contributed by atoms with Crippen molar-refractivity contribution in [2.45, 2.75) is 44.4 Å². The average molecular weight is 373 g/mol. The summed E-state index contributed by atoms with van der Waals surface area (Å²) in [6.07, 6.45) is 3.51. The fourth-order valence-electron chi connectivity index (χ4n) is 2.23. The minimum absolute atomic E-state index is 0.197. The summed E-state index contributed by atoms with van der Waals surface area (Å²) < 4.78 is 10.0. The number of esters is 2. The first-order valence-corrected chi connectivity index (χ1v) is 9.55. The first-order chi connectivity index (χ1) is 11.5. The average Bonchev–Trinajstić information content (AvgIpc) is 2.59. The van der Waals surface area contributed by atoms with Crippen molar-refractivity contribution in [3.8, 4) is 0 Å². The van der Waals surface area contributed by atoms with E-state index in [0.29, 0.717) is 35.3 Å². The Bertz CT molecular complexity index is 548. The van der Waals surface area contributed by atoms with Gasteiger partial charge in [-0.25, -0.2) is 4.79 Å². The highest BCUT2D eigenvalue weighted by atomic mass is 35.5. The van der Waals surface area contributed by atoms with E-state index in [1.807, 2.05) is 6.07 Å². The number of hydrogen-bond donors (Lipinski definition) is 0. The minimum Gasteiger partial charge on any atom is -0.465 e. The number of carbonyl (C=O) groups is 2. The number of ether oxygens (including phenoxy) is 2. The maximum atomic E-state index is 11.8. The fourth-order valence-corrected chi connectivity index (χ4v) is 3.50. The molecular weight excluding hydrogens is 348 g/mol. The van der Waals surface area contributed by atoms with Gasteiger partial charge in [0, 0.05) is 10.6 Å². The van der Waals surface area contributed by atoms with Crippen LogP contribution in [0.2, 0.25) is 5.02 Å². The maximum Gasteiger partial charge on any atom is 0.339 e. The van der Waals surface area contributed by atoms with Crippen LogP contribution in [0.25, 0.3) is 0 Å². The van der Waals surface area contributed by atoms with E-state index < -0.39 is 5.97 Å². The molecule has 0 saturated heterocycles. The molecule has 4 nitrogen and oxygen atoms in total. The Balaban J connectivity index is 2.45. The van der Waals surface area contributed by atoms with E-state index in [-0.39, 0.29) is 5.97 Å². The molecule has 0 radical (unpaired) electrons. The fraction of sp³-hybridized carbons (Fsp3) is 0.556. The summed E-state index contributed by atoms with van der Waals surface area (Å²) in [4.78, 5) is 24.2. The van der Waals surface area contributed by atoms with Gasteiger partial charge in [0.1, 0.15) is 0 Å². The van der Waals surface area contributed by atoms with E-state index in [9.17, 15) is 9.59 Å². The van der Waals surface area contributed by atoms with Crippen LogP contribution in [0.3, 0.4) is 0 Å². The molecule has 0 N–H and O–H groups in total. The number of methoxy groups -OCH3 is 1. The molecule has 1 aromatic rings.